The molecule has 1 aliphatic heterocycles. The van der Waals surface area contributed by atoms with Gasteiger partial charge in [0, 0.05) is 40.7 Å². The first-order valence-corrected chi connectivity index (χ1v) is 12.6. The molecule has 0 aromatic heterocycles. The number of methoxy groups -OCH3 is 3. The van der Waals surface area contributed by atoms with E-state index >= 15 is 0 Å². The zero-order valence-corrected chi connectivity index (χ0v) is 23.7. The van der Waals surface area contributed by atoms with Crippen molar-refractivity contribution in [2.45, 2.75) is 52.4 Å². The van der Waals surface area contributed by atoms with Crippen molar-refractivity contribution in [3.05, 3.63) is 34.9 Å². The van der Waals surface area contributed by atoms with Crippen molar-refractivity contribution in [3.63, 3.8) is 0 Å². The summed E-state index contributed by atoms with van der Waals surface area (Å²) >= 11 is 0. The van der Waals surface area contributed by atoms with Gasteiger partial charge < -0.3 is 43.4 Å². The monoisotopic (exact) mass is 558 g/mol. The van der Waals surface area contributed by atoms with Gasteiger partial charge in [-0.2, -0.15) is 0 Å². The molecule has 2 N–H and O–H groups in total. The van der Waals surface area contributed by atoms with Gasteiger partial charge in [-0.15, -0.1) is 0 Å². The highest BCUT2D eigenvalue weighted by Gasteiger charge is 2.51. The SMILES string of the molecule is CC=C(C)C(=O)O[C@H]1c2cc(OC)c(OC)c(OC)c2-c2c(cc3c(c2O)OCO3)[C@H](OC(C)=O)[C@H](C)[C@]1(C)O. The molecular formula is C29H34O11. The predicted octanol–water partition coefficient (Wildman–Crippen LogP) is 4.37. The van der Waals surface area contributed by atoms with Crippen LogP contribution in [0.3, 0.4) is 0 Å². The molecule has 2 aromatic rings. The number of aliphatic hydroxyl groups is 1. The lowest BCUT2D eigenvalue weighted by Crippen LogP contribution is -2.46. The van der Waals surface area contributed by atoms with Crippen molar-refractivity contribution < 1.29 is 53.0 Å². The number of allylic oxidation sites excluding steroid dienone is 1. The van der Waals surface area contributed by atoms with E-state index in [2.05, 4.69) is 0 Å². The Labute approximate surface area is 232 Å². The lowest BCUT2D eigenvalue weighted by atomic mass is 9.71. The van der Waals surface area contributed by atoms with Crippen LogP contribution in [0.4, 0.5) is 0 Å². The number of rotatable bonds is 6. The molecule has 0 spiro atoms. The lowest BCUT2D eigenvalue weighted by molar-refractivity contribution is -0.182. The van der Waals surface area contributed by atoms with E-state index in [1.54, 1.807) is 39.0 Å². The number of carbonyl (C=O) groups is 2. The van der Waals surface area contributed by atoms with Gasteiger partial charge in [0.05, 0.1) is 21.3 Å². The summed E-state index contributed by atoms with van der Waals surface area (Å²) in [7, 11) is 4.25. The molecule has 0 saturated carbocycles. The molecule has 216 valence electrons. The Kier molecular flexibility index (Phi) is 7.80. The minimum atomic E-state index is -1.84. The van der Waals surface area contributed by atoms with Crippen LogP contribution in [0.25, 0.3) is 11.1 Å². The van der Waals surface area contributed by atoms with Crippen LogP contribution in [0.15, 0.2) is 23.8 Å². The van der Waals surface area contributed by atoms with Crippen LogP contribution in [0.5, 0.6) is 34.5 Å². The third-order valence-corrected chi connectivity index (χ3v) is 7.55. The molecule has 0 amide bonds. The number of benzene rings is 2. The Morgan fingerprint density at radius 2 is 1.68 bits per heavy atom. The van der Waals surface area contributed by atoms with Gasteiger partial charge in [0.1, 0.15) is 11.7 Å². The largest absolute Gasteiger partial charge is 0.504 e. The molecular weight excluding hydrogens is 524 g/mol. The maximum absolute atomic E-state index is 13.1. The van der Waals surface area contributed by atoms with Gasteiger partial charge in [0.15, 0.2) is 29.1 Å². The first-order valence-electron chi connectivity index (χ1n) is 12.6. The Bertz CT molecular complexity index is 1380. The van der Waals surface area contributed by atoms with E-state index in [-0.39, 0.29) is 58.0 Å². The number of fused-ring (bicyclic) bond motifs is 4. The molecule has 4 atom stereocenters. The minimum absolute atomic E-state index is 0.0707. The van der Waals surface area contributed by atoms with Crippen LogP contribution in [0.2, 0.25) is 0 Å². The summed E-state index contributed by atoms with van der Waals surface area (Å²) in [6, 6.07) is 3.15. The zero-order valence-electron chi connectivity index (χ0n) is 23.7. The molecule has 1 aliphatic carbocycles. The van der Waals surface area contributed by atoms with E-state index in [1.807, 2.05) is 0 Å². The summed E-state index contributed by atoms with van der Waals surface area (Å²) in [4.78, 5) is 25.5. The molecule has 2 aliphatic rings. The molecule has 0 bridgehead atoms. The number of phenols is 1. The predicted molar refractivity (Wildman–Crippen MR) is 142 cm³/mol. The van der Waals surface area contributed by atoms with E-state index in [4.69, 9.17) is 33.2 Å². The topological polar surface area (TPSA) is 139 Å². The number of hydrogen-bond acceptors (Lipinski definition) is 11. The normalized spacial score (nSPS) is 23.2. The van der Waals surface area contributed by atoms with Gasteiger partial charge in [-0.1, -0.05) is 13.0 Å². The van der Waals surface area contributed by atoms with Crippen molar-refractivity contribution >= 4 is 11.9 Å². The molecule has 1 heterocycles. The first kappa shape index (κ1) is 28.9. The minimum Gasteiger partial charge on any atom is -0.504 e. The van der Waals surface area contributed by atoms with Gasteiger partial charge in [-0.3, -0.25) is 4.79 Å². The van der Waals surface area contributed by atoms with E-state index in [0.717, 1.165) is 0 Å². The van der Waals surface area contributed by atoms with Crippen LogP contribution in [-0.2, 0) is 19.1 Å². The lowest BCUT2D eigenvalue weighted by Gasteiger charge is -2.43. The summed E-state index contributed by atoms with van der Waals surface area (Å²) in [5.74, 6) is -1.70. The van der Waals surface area contributed by atoms with Crippen molar-refractivity contribution in [1.29, 1.82) is 0 Å². The Morgan fingerprint density at radius 3 is 2.25 bits per heavy atom. The van der Waals surface area contributed by atoms with Gasteiger partial charge in [-0.25, -0.2) is 4.79 Å². The maximum atomic E-state index is 13.1. The van der Waals surface area contributed by atoms with Crippen LogP contribution < -0.4 is 23.7 Å². The van der Waals surface area contributed by atoms with Crippen molar-refractivity contribution in [1.82, 2.24) is 0 Å². The van der Waals surface area contributed by atoms with Gasteiger partial charge in [0.25, 0.3) is 0 Å². The van der Waals surface area contributed by atoms with E-state index in [0.29, 0.717) is 11.1 Å². The first-order chi connectivity index (χ1) is 18.9. The number of esters is 2. The van der Waals surface area contributed by atoms with Gasteiger partial charge in [0.2, 0.25) is 18.3 Å². The highest BCUT2D eigenvalue weighted by Crippen LogP contribution is 2.61. The van der Waals surface area contributed by atoms with Gasteiger partial charge in [-0.05, 0) is 32.9 Å². The molecule has 0 unspecified atom stereocenters. The standard InChI is InChI=1S/C29H34O11/c1-9-13(2)28(32)40-27-17-11-18(34-6)25(35-7)26(36-8)21(17)20-16(10-19-24(22(20)31)38-12-37-19)23(39-15(4)30)14(3)29(27,5)33/h9-11,14,23,27,31,33H,12H2,1-8H3/t14-,23+,27-,29-/m0/s1. The number of hydrogen-bond donors (Lipinski definition) is 2. The van der Waals surface area contributed by atoms with Crippen LogP contribution in [0, 0.1) is 5.92 Å². The smallest absolute Gasteiger partial charge is 0.334 e. The average Bonchev–Trinajstić information content (AvgIpc) is 3.41. The highest BCUT2D eigenvalue weighted by atomic mass is 16.7. The summed E-state index contributed by atoms with van der Waals surface area (Å²) in [5.41, 5.74) is -0.596. The number of ether oxygens (including phenoxy) is 7. The molecule has 0 fully saturated rings. The average molecular weight is 559 g/mol. The fraction of sp³-hybridized carbons (Fsp3) is 0.448. The van der Waals surface area contributed by atoms with Crippen LogP contribution in [-0.4, -0.2) is 55.9 Å². The number of phenolic OH excluding ortho intramolecular Hbond substituents is 1. The third kappa shape index (κ3) is 4.53. The highest BCUT2D eigenvalue weighted by molar-refractivity contribution is 5.91. The fourth-order valence-corrected chi connectivity index (χ4v) is 5.15. The van der Waals surface area contributed by atoms with Crippen molar-refractivity contribution in [2.24, 2.45) is 5.92 Å². The van der Waals surface area contributed by atoms with E-state index in [9.17, 15) is 19.8 Å². The molecule has 0 radical (unpaired) electrons. The summed E-state index contributed by atoms with van der Waals surface area (Å²) in [6.45, 7) is 7.52. The summed E-state index contributed by atoms with van der Waals surface area (Å²) in [6.07, 6.45) is -0.898. The second-order valence-electron chi connectivity index (χ2n) is 9.83. The molecule has 4 rings (SSSR count). The second kappa shape index (κ2) is 10.8. The van der Waals surface area contributed by atoms with Crippen molar-refractivity contribution in [2.75, 3.05) is 28.1 Å². The molecule has 0 saturated heterocycles. The van der Waals surface area contributed by atoms with Gasteiger partial charge >= 0.3 is 11.9 Å². The quantitative estimate of drug-likeness (QED) is 0.386. The fourth-order valence-electron chi connectivity index (χ4n) is 5.15. The Hall–Kier alpha value is -4.12. The third-order valence-electron chi connectivity index (χ3n) is 7.55. The Balaban J connectivity index is 2.22. The second-order valence-corrected chi connectivity index (χ2v) is 9.83. The molecule has 11 heteroatoms. The molecule has 2 aromatic carbocycles. The van der Waals surface area contributed by atoms with Crippen LogP contribution >= 0.6 is 0 Å². The van der Waals surface area contributed by atoms with Crippen LogP contribution in [0.1, 0.15) is 58.0 Å². The maximum Gasteiger partial charge on any atom is 0.334 e. The zero-order chi connectivity index (χ0) is 29.5. The summed E-state index contributed by atoms with van der Waals surface area (Å²) < 4.78 is 39.9. The van der Waals surface area contributed by atoms with Crippen molar-refractivity contribution in [3.8, 4) is 45.6 Å². The number of aromatic hydroxyl groups is 1. The molecule has 40 heavy (non-hydrogen) atoms. The summed E-state index contributed by atoms with van der Waals surface area (Å²) in [5, 5.41) is 23.8. The number of carbonyl (C=O) groups excluding carboxylic acids is 2. The van der Waals surface area contributed by atoms with E-state index < -0.39 is 35.7 Å². The molecule has 11 nitrogen and oxygen atoms in total. The van der Waals surface area contributed by atoms with E-state index in [1.165, 1.54) is 35.2 Å². The Morgan fingerprint density at radius 1 is 1.00 bits per heavy atom.